The normalized spacial score (nSPS) is 9.91. The smallest absolute Gasteiger partial charge is 0.342 e. The van der Waals surface area contributed by atoms with Crippen molar-refractivity contribution in [2.24, 2.45) is 0 Å². The van der Waals surface area contributed by atoms with Crippen LogP contribution in [-0.4, -0.2) is 26.7 Å². The third-order valence-corrected chi connectivity index (χ3v) is 3.18. The van der Waals surface area contributed by atoms with E-state index in [1.54, 1.807) is 17.9 Å². The summed E-state index contributed by atoms with van der Waals surface area (Å²) in [6.07, 6.45) is 0. The van der Waals surface area contributed by atoms with E-state index >= 15 is 0 Å². The Hall–Kier alpha value is -2.87. The summed E-state index contributed by atoms with van der Waals surface area (Å²) in [6, 6.07) is 13.2. The molecule has 1 N–H and O–H groups in total. The van der Waals surface area contributed by atoms with Gasteiger partial charge in [0.2, 0.25) is 0 Å². The van der Waals surface area contributed by atoms with Gasteiger partial charge < -0.3 is 4.74 Å². The minimum Gasteiger partial charge on any atom is -0.462 e. The lowest BCUT2D eigenvalue weighted by Crippen LogP contribution is -2.26. The van der Waals surface area contributed by atoms with Crippen molar-refractivity contribution in [1.29, 1.82) is 5.26 Å². The van der Waals surface area contributed by atoms with Gasteiger partial charge in [0.1, 0.15) is 22.9 Å². The molecule has 0 unspecified atom stereocenters. The third-order valence-electron chi connectivity index (χ3n) is 3.18. The Bertz CT molecular complexity index is 719. The van der Waals surface area contributed by atoms with E-state index in [9.17, 15) is 10.1 Å². The molecule has 1 heterocycles. The van der Waals surface area contributed by atoms with Gasteiger partial charge in [-0.2, -0.15) is 5.26 Å². The highest BCUT2D eigenvalue weighted by molar-refractivity contribution is 5.96. The van der Waals surface area contributed by atoms with Gasteiger partial charge in [-0.1, -0.05) is 30.3 Å². The summed E-state index contributed by atoms with van der Waals surface area (Å²) in [6.45, 7) is 2.04. The summed E-state index contributed by atoms with van der Waals surface area (Å²) in [7, 11) is 3.68. The predicted molar refractivity (Wildman–Crippen MR) is 83.4 cm³/mol. The molecular weight excluding hydrogens is 278 g/mol. The maximum absolute atomic E-state index is 12.2. The zero-order chi connectivity index (χ0) is 16.1. The summed E-state index contributed by atoms with van der Waals surface area (Å²) >= 11 is 0. The van der Waals surface area contributed by atoms with Crippen molar-refractivity contribution in [2.75, 3.05) is 25.6 Å². The molecule has 0 aliphatic rings. The van der Waals surface area contributed by atoms with Crippen molar-refractivity contribution in [3.05, 3.63) is 47.5 Å². The number of H-pyrrole nitrogens is 1. The lowest BCUT2D eigenvalue weighted by atomic mass is 10.0. The number of nitriles is 1. The molecule has 0 atom stereocenters. The second kappa shape index (κ2) is 6.72. The number of esters is 1. The van der Waals surface area contributed by atoms with Crippen molar-refractivity contribution < 1.29 is 14.5 Å². The Labute approximate surface area is 129 Å². The fourth-order valence-corrected chi connectivity index (χ4v) is 2.18. The number of carbonyl (C=O) groups excluding carboxylic acids is 1. The average Bonchev–Trinajstić information content (AvgIpc) is 2.54. The van der Waals surface area contributed by atoms with Gasteiger partial charge in [0, 0.05) is 5.56 Å². The van der Waals surface area contributed by atoms with Gasteiger partial charge in [0.15, 0.2) is 0 Å². The molecule has 0 fully saturated rings. The largest absolute Gasteiger partial charge is 0.462 e. The molecule has 1 aromatic heterocycles. The Morgan fingerprint density at radius 2 is 2.00 bits per heavy atom. The molecule has 2 aromatic rings. The summed E-state index contributed by atoms with van der Waals surface area (Å²) in [4.78, 5) is 17.2. The van der Waals surface area contributed by atoms with E-state index in [0.717, 1.165) is 5.56 Å². The molecule has 2 rings (SSSR count). The molecule has 5 nitrogen and oxygen atoms in total. The van der Waals surface area contributed by atoms with Crippen molar-refractivity contribution in [1.82, 2.24) is 0 Å². The number of rotatable bonds is 4. The number of anilines is 1. The van der Waals surface area contributed by atoms with Crippen LogP contribution in [0.15, 0.2) is 36.4 Å². The lowest BCUT2D eigenvalue weighted by Gasteiger charge is -2.11. The first-order valence-electron chi connectivity index (χ1n) is 6.98. The zero-order valence-corrected chi connectivity index (χ0v) is 12.9. The van der Waals surface area contributed by atoms with E-state index in [-0.39, 0.29) is 6.61 Å². The number of pyridine rings is 1. The van der Waals surface area contributed by atoms with Gasteiger partial charge in [-0.05, 0) is 13.0 Å². The number of aromatic nitrogens is 1. The first-order chi connectivity index (χ1) is 10.6. The van der Waals surface area contributed by atoms with Crippen LogP contribution in [0.1, 0.15) is 22.8 Å². The van der Waals surface area contributed by atoms with E-state index < -0.39 is 5.97 Å². The highest BCUT2D eigenvalue weighted by Crippen LogP contribution is 2.24. The molecule has 0 aliphatic heterocycles. The Morgan fingerprint density at radius 3 is 2.55 bits per heavy atom. The molecule has 0 radical (unpaired) electrons. The molecule has 22 heavy (non-hydrogen) atoms. The molecular formula is C17H18N3O2+. The highest BCUT2D eigenvalue weighted by atomic mass is 16.5. The van der Waals surface area contributed by atoms with Crippen molar-refractivity contribution in [3.8, 4) is 17.3 Å². The van der Waals surface area contributed by atoms with Gasteiger partial charge >= 0.3 is 5.97 Å². The topological polar surface area (TPSA) is 67.5 Å². The molecule has 0 saturated heterocycles. The maximum Gasteiger partial charge on any atom is 0.342 e. The first-order valence-corrected chi connectivity index (χ1v) is 6.98. The Morgan fingerprint density at radius 1 is 1.32 bits per heavy atom. The number of carbonyl (C=O) groups is 1. The van der Waals surface area contributed by atoms with E-state index in [1.165, 1.54) is 0 Å². The van der Waals surface area contributed by atoms with E-state index in [1.807, 2.05) is 44.4 Å². The molecule has 5 heteroatoms. The zero-order valence-electron chi connectivity index (χ0n) is 12.9. The quantitative estimate of drug-likeness (QED) is 0.812. The van der Waals surface area contributed by atoms with Crippen molar-refractivity contribution >= 4 is 11.8 Å². The fourth-order valence-electron chi connectivity index (χ4n) is 2.18. The van der Waals surface area contributed by atoms with Gasteiger partial charge in [-0.25, -0.2) is 9.78 Å². The van der Waals surface area contributed by atoms with Gasteiger partial charge in [-0.15, -0.1) is 0 Å². The van der Waals surface area contributed by atoms with Crippen molar-refractivity contribution in [2.45, 2.75) is 6.92 Å². The number of nitrogens with zero attached hydrogens (tertiary/aromatic N) is 2. The predicted octanol–water partition coefficient (Wildman–Crippen LogP) is 2.28. The molecule has 0 amide bonds. The number of ether oxygens (including phenoxy) is 1. The SMILES string of the molecule is CCOC(=O)c1cc(C#N)c(N(C)C)[nH+]c1-c1ccccc1. The summed E-state index contributed by atoms with van der Waals surface area (Å²) in [5.41, 5.74) is 2.25. The summed E-state index contributed by atoms with van der Waals surface area (Å²) < 4.78 is 5.11. The van der Waals surface area contributed by atoms with Crippen LogP contribution in [0.25, 0.3) is 11.3 Å². The first kappa shape index (κ1) is 15.5. The standard InChI is InChI=1S/C17H17N3O2/c1-4-22-17(21)14-10-13(11-18)16(20(2)3)19-15(14)12-8-6-5-7-9-12/h5-10H,4H2,1-3H3/p+1. The molecule has 0 spiro atoms. The minimum atomic E-state index is -0.445. The second-order valence-corrected chi connectivity index (χ2v) is 4.91. The molecule has 1 aromatic carbocycles. The minimum absolute atomic E-state index is 0.282. The lowest BCUT2D eigenvalue weighted by molar-refractivity contribution is -0.350. The molecule has 0 aliphatic carbocycles. The van der Waals surface area contributed by atoms with Crippen LogP contribution in [-0.2, 0) is 4.74 Å². The van der Waals surface area contributed by atoms with Crippen LogP contribution >= 0.6 is 0 Å². The van der Waals surface area contributed by atoms with E-state index in [0.29, 0.717) is 22.6 Å². The summed E-state index contributed by atoms with van der Waals surface area (Å²) in [5.74, 6) is 0.203. The number of aromatic amines is 1. The monoisotopic (exact) mass is 296 g/mol. The van der Waals surface area contributed by atoms with Crippen LogP contribution in [0.2, 0.25) is 0 Å². The number of hydrogen-bond donors (Lipinski definition) is 0. The van der Waals surface area contributed by atoms with Crippen LogP contribution in [0.4, 0.5) is 5.82 Å². The molecule has 112 valence electrons. The number of benzene rings is 1. The maximum atomic E-state index is 12.2. The Balaban J connectivity index is 2.70. The Kier molecular flexibility index (Phi) is 4.74. The van der Waals surface area contributed by atoms with Crippen LogP contribution in [0, 0.1) is 11.3 Å². The van der Waals surface area contributed by atoms with Crippen LogP contribution in [0.3, 0.4) is 0 Å². The van der Waals surface area contributed by atoms with Gasteiger partial charge in [0.05, 0.1) is 20.7 Å². The van der Waals surface area contributed by atoms with E-state index in [4.69, 9.17) is 4.74 Å². The molecule has 0 bridgehead atoms. The number of nitrogens with one attached hydrogen (secondary N) is 1. The molecule has 0 saturated carbocycles. The third kappa shape index (κ3) is 3.07. The van der Waals surface area contributed by atoms with Crippen molar-refractivity contribution in [3.63, 3.8) is 0 Å². The fraction of sp³-hybridized carbons (Fsp3) is 0.235. The summed E-state index contributed by atoms with van der Waals surface area (Å²) in [5, 5.41) is 9.32. The second-order valence-electron chi connectivity index (χ2n) is 4.91. The van der Waals surface area contributed by atoms with E-state index in [2.05, 4.69) is 11.1 Å². The van der Waals surface area contributed by atoms with Gasteiger partial charge in [0.25, 0.3) is 5.82 Å². The number of hydrogen-bond acceptors (Lipinski definition) is 4. The average molecular weight is 296 g/mol. The van der Waals surface area contributed by atoms with Crippen LogP contribution in [0.5, 0.6) is 0 Å². The van der Waals surface area contributed by atoms with Gasteiger partial charge in [-0.3, -0.25) is 4.90 Å². The highest BCUT2D eigenvalue weighted by Gasteiger charge is 2.24. The van der Waals surface area contributed by atoms with Crippen LogP contribution < -0.4 is 9.88 Å².